The van der Waals surface area contributed by atoms with Crippen molar-refractivity contribution >= 4 is 40.8 Å². The summed E-state index contributed by atoms with van der Waals surface area (Å²) in [5.41, 5.74) is 3.51. The maximum Gasteiger partial charge on any atom is 0.416 e. The zero-order valence-corrected chi connectivity index (χ0v) is 14.0. The Morgan fingerprint density at radius 2 is 1.88 bits per heavy atom. The molecule has 2 N–H and O–H groups in total. The molecule has 0 radical (unpaired) electrons. The number of hydrogen-bond acceptors (Lipinski definition) is 5. The van der Waals surface area contributed by atoms with Crippen LogP contribution in [-0.4, -0.2) is 16.2 Å². The van der Waals surface area contributed by atoms with Crippen LogP contribution in [-0.2, 0) is 6.18 Å². The van der Waals surface area contributed by atoms with Crippen LogP contribution in [0, 0.1) is 17.1 Å². The lowest BCUT2D eigenvalue weighted by atomic mass is 10.2. The number of anilines is 1. The highest BCUT2D eigenvalue weighted by atomic mass is 35.5. The standard InChI is InChI=1S/C12H6Cl2F6N4S/c13-5-1-4(12(18,19)20)2-6(15)9(5)23-10(22)8(14)7(3-21)24(23)25-11(16)17/h1-2,7,11H,22H2. The second kappa shape index (κ2) is 7.03. The van der Waals surface area contributed by atoms with E-state index in [1.165, 1.54) is 0 Å². The average Bonchev–Trinajstić information content (AvgIpc) is 2.69. The molecule has 0 amide bonds. The molecule has 4 nitrogen and oxygen atoms in total. The van der Waals surface area contributed by atoms with Crippen LogP contribution in [0.2, 0.25) is 5.02 Å². The molecule has 0 aromatic heterocycles. The average molecular weight is 423 g/mol. The quantitative estimate of drug-likeness (QED) is 0.566. The first kappa shape index (κ1) is 19.8. The number of hydrazine groups is 1. The minimum Gasteiger partial charge on any atom is -0.383 e. The Morgan fingerprint density at radius 3 is 2.32 bits per heavy atom. The van der Waals surface area contributed by atoms with E-state index in [9.17, 15) is 26.3 Å². The molecule has 0 saturated heterocycles. The van der Waals surface area contributed by atoms with Gasteiger partial charge in [0.05, 0.1) is 21.7 Å². The number of hydrogen-bond donors (Lipinski definition) is 1. The van der Waals surface area contributed by atoms with Crippen molar-refractivity contribution in [1.29, 1.82) is 5.26 Å². The van der Waals surface area contributed by atoms with Gasteiger partial charge in [-0.25, -0.2) is 9.40 Å². The van der Waals surface area contributed by atoms with Crippen LogP contribution in [0.4, 0.5) is 32.0 Å². The van der Waals surface area contributed by atoms with Gasteiger partial charge in [-0.05, 0) is 12.1 Å². The Hall–Kier alpha value is -1.48. The highest BCUT2D eigenvalue weighted by Crippen LogP contribution is 2.45. The van der Waals surface area contributed by atoms with Crippen molar-refractivity contribution in [3.8, 4) is 6.07 Å². The molecule has 0 saturated carbocycles. The Balaban J connectivity index is 2.60. The Bertz CT molecular complexity index is 740. The first-order valence-electron chi connectivity index (χ1n) is 6.14. The largest absolute Gasteiger partial charge is 0.416 e. The molecule has 0 fully saturated rings. The van der Waals surface area contributed by atoms with Crippen LogP contribution < -0.4 is 10.7 Å². The third-order valence-corrected chi connectivity index (χ3v) is 4.43. The van der Waals surface area contributed by atoms with Crippen LogP contribution in [0.15, 0.2) is 23.0 Å². The van der Waals surface area contributed by atoms with Gasteiger partial charge in [-0.3, -0.25) is 0 Å². The summed E-state index contributed by atoms with van der Waals surface area (Å²) in [6.45, 7) is 0. The van der Waals surface area contributed by atoms with E-state index in [-0.39, 0.29) is 18.0 Å². The number of alkyl halides is 5. The second-order valence-corrected chi connectivity index (χ2v) is 6.29. The lowest BCUT2D eigenvalue weighted by Gasteiger charge is -2.31. The predicted octanol–water partition coefficient (Wildman–Crippen LogP) is 4.66. The fourth-order valence-electron chi connectivity index (χ4n) is 2.01. The molecule has 1 atom stereocenters. The second-order valence-electron chi connectivity index (χ2n) is 4.53. The van der Waals surface area contributed by atoms with Crippen molar-refractivity contribution in [3.05, 3.63) is 39.4 Å². The van der Waals surface area contributed by atoms with Gasteiger partial charge >= 0.3 is 6.18 Å². The van der Waals surface area contributed by atoms with Gasteiger partial charge in [-0.2, -0.15) is 27.2 Å². The van der Waals surface area contributed by atoms with Gasteiger partial charge in [0.25, 0.3) is 5.76 Å². The highest BCUT2D eigenvalue weighted by Gasteiger charge is 2.43. The topological polar surface area (TPSA) is 56.3 Å². The third kappa shape index (κ3) is 3.72. The van der Waals surface area contributed by atoms with Crippen molar-refractivity contribution in [2.45, 2.75) is 18.0 Å². The van der Waals surface area contributed by atoms with Crippen molar-refractivity contribution < 1.29 is 26.3 Å². The fourth-order valence-corrected chi connectivity index (χ4v) is 3.27. The van der Waals surface area contributed by atoms with Gasteiger partial charge in [0, 0.05) is 11.9 Å². The summed E-state index contributed by atoms with van der Waals surface area (Å²) >= 11 is 11.3. The zero-order chi connectivity index (χ0) is 19.1. The summed E-state index contributed by atoms with van der Waals surface area (Å²) in [5.74, 6) is -5.04. The van der Waals surface area contributed by atoms with Crippen molar-refractivity contribution in [2.24, 2.45) is 5.73 Å². The number of rotatable bonds is 3. The molecular weight excluding hydrogens is 417 g/mol. The molecule has 13 heteroatoms. The molecule has 1 aliphatic rings. The van der Waals surface area contributed by atoms with Crippen LogP contribution in [0.5, 0.6) is 0 Å². The SMILES string of the molecule is N#CC1C(Cl)=C(N)N(c2c(F)cc(C(F)(F)F)cc2Cl)N1SC(F)F. The molecule has 1 aromatic carbocycles. The molecule has 0 spiro atoms. The molecular formula is C12H6Cl2F6N4S. The number of nitrogens with two attached hydrogens (primary N) is 1. The van der Waals surface area contributed by atoms with E-state index in [2.05, 4.69) is 0 Å². The van der Waals surface area contributed by atoms with Crippen molar-refractivity contribution in [3.63, 3.8) is 0 Å². The van der Waals surface area contributed by atoms with E-state index in [1.807, 2.05) is 0 Å². The van der Waals surface area contributed by atoms with Crippen molar-refractivity contribution in [2.75, 3.05) is 5.01 Å². The maximum atomic E-state index is 14.3. The van der Waals surface area contributed by atoms with Crippen LogP contribution in [0.1, 0.15) is 5.56 Å². The molecule has 0 bridgehead atoms. The van der Waals surface area contributed by atoms with E-state index >= 15 is 0 Å². The van der Waals surface area contributed by atoms with Gasteiger partial charge < -0.3 is 5.73 Å². The molecule has 1 unspecified atom stereocenters. The third-order valence-electron chi connectivity index (χ3n) is 3.00. The van der Waals surface area contributed by atoms with Crippen molar-refractivity contribution in [1.82, 2.24) is 4.41 Å². The Kier molecular flexibility index (Phi) is 5.58. The summed E-state index contributed by atoms with van der Waals surface area (Å²) in [6, 6.07) is 0.628. The van der Waals surface area contributed by atoms with Crippen LogP contribution in [0.25, 0.3) is 0 Å². The first-order chi connectivity index (χ1) is 11.5. The Morgan fingerprint density at radius 1 is 1.28 bits per heavy atom. The molecule has 0 aliphatic carbocycles. The van der Waals surface area contributed by atoms with E-state index in [0.29, 0.717) is 15.5 Å². The minimum absolute atomic E-state index is 0.132. The van der Waals surface area contributed by atoms with Crippen LogP contribution in [0.3, 0.4) is 0 Å². The van der Waals surface area contributed by atoms with Gasteiger partial charge in [0.2, 0.25) is 0 Å². The summed E-state index contributed by atoms with van der Waals surface area (Å²) < 4.78 is 78.5. The summed E-state index contributed by atoms with van der Waals surface area (Å²) in [5, 5.41) is 8.46. The molecule has 25 heavy (non-hydrogen) atoms. The Labute approximate surface area is 151 Å². The number of nitrogens with zero attached hydrogens (tertiary/aromatic N) is 3. The molecule has 1 aromatic rings. The number of halogens is 8. The normalized spacial score (nSPS) is 19.0. The summed E-state index contributed by atoms with van der Waals surface area (Å²) in [6.07, 6.45) is -4.88. The van der Waals surface area contributed by atoms with Crippen LogP contribution >= 0.6 is 35.1 Å². The monoisotopic (exact) mass is 422 g/mol. The maximum absolute atomic E-state index is 14.3. The lowest BCUT2D eigenvalue weighted by Crippen LogP contribution is -2.40. The predicted molar refractivity (Wildman–Crippen MR) is 80.8 cm³/mol. The highest BCUT2D eigenvalue weighted by molar-refractivity contribution is 7.97. The first-order valence-corrected chi connectivity index (χ1v) is 7.73. The number of nitriles is 1. The van der Waals surface area contributed by atoms with E-state index < -0.39 is 50.9 Å². The molecule has 1 aliphatic heterocycles. The summed E-state index contributed by atoms with van der Waals surface area (Å²) in [7, 11) is 0. The van der Waals surface area contributed by atoms with Gasteiger partial charge in [0.1, 0.15) is 11.5 Å². The molecule has 2 rings (SSSR count). The molecule has 1 heterocycles. The van der Waals surface area contributed by atoms with Gasteiger partial charge in [-0.1, -0.05) is 23.2 Å². The van der Waals surface area contributed by atoms with E-state index in [1.54, 1.807) is 6.07 Å². The van der Waals surface area contributed by atoms with E-state index in [0.717, 1.165) is 0 Å². The zero-order valence-electron chi connectivity index (χ0n) is 11.7. The summed E-state index contributed by atoms with van der Waals surface area (Å²) in [4.78, 5) is 0. The van der Waals surface area contributed by atoms with Gasteiger partial charge in [0.15, 0.2) is 11.9 Å². The lowest BCUT2D eigenvalue weighted by molar-refractivity contribution is -0.137. The van der Waals surface area contributed by atoms with Gasteiger partial charge in [-0.15, -0.1) is 4.41 Å². The van der Waals surface area contributed by atoms with E-state index in [4.69, 9.17) is 34.2 Å². The fraction of sp³-hybridized carbons (Fsp3) is 0.250. The molecule has 136 valence electrons. The minimum atomic E-state index is -4.88. The number of benzene rings is 1. The smallest absolute Gasteiger partial charge is 0.383 e.